The van der Waals surface area contributed by atoms with E-state index >= 15 is 0 Å². The van der Waals surface area contributed by atoms with Crippen molar-refractivity contribution in [2.24, 2.45) is 0 Å². The fraction of sp³-hybridized carbons (Fsp3) is 0.200. The van der Waals surface area contributed by atoms with Crippen LogP contribution in [-0.4, -0.2) is 24.7 Å². The molecular weight excluding hydrogens is 388 g/mol. The highest BCUT2D eigenvalue weighted by atomic mass is 16.3. The van der Waals surface area contributed by atoms with Crippen LogP contribution >= 0.6 is 0 Å². The second-order valence-electron chi connectivity index (χ2n) is 7.21. The molecule has 2 heterocycles. The molecule has 0 spiro atoms. The second-order valence-corrected chi connectivity index (χ2v) is 7.21. The van der Waals surface area contributed by atoms with Crippen LogP contribution in [0.25, 0.3) is 21.9 Å². The van der Waals surface area contributed by atoms with Gasteiger partial charge in [0.15, 0.2) is 5.82 Å². The minimum atomic E-state index is 0.119. The predicted octanol–water partition coefficient (Wildman–Crippen LogP) is 5.33. The molecule has 0 unspecified atom stereocenters. The van der Waals surface area contributed by atoms with E-state index in [1.807, 2.05) is 24.3 Å². The van der Waals surface area contributed by atoms with E-state index in [0.717, 1.165) is 41.5 Å². The van der Waals surface area contributed by atoms with Gasteiger partial charge in [0.05, 0.1) is 17.6 Å². The van der Waals surface area contributed by atoms with E-state index < -0.39 is 0 Å². The third kappa shape index (κ3) is 4.69. The summed E-state index contributed by atoms with van der Waals surface area (Å²) in [6, 6.07) is 12.4. The number of hydrogen-bond donors (Lipinski definition) is 3. The molecule has 160 valence electrons. The molecule has 0 amide bonds. The van der Waals surface area contributed by atoms with Crippen molar-refractivity contribution in [1.82, 2.24) is 14.5 Å². The molecule has 0 saturated heterocycles. The fourth-order valence-electron chi connectivity index (χ4n) is 3.47. The van der Waals surface area contributed by atoms with Crippen molar-refractivity contribution in [3.8, 4) is 11.5 Å². The number of imidazole rings is 1. The summed E-state index contributed by atoms with van der Waals surface area (Å²) in [4.78, 5) is 9.27. The third-order valence-corrected chi connectivity index (χ3v) is 5.00. The van der Waals surface area contributed by atoms with Gasteiger partial charge in [-0.25, -0.2) is 9.97 Å². The Hall–Kier alpha value is -3.80. The SMILES string of the molecule is C=CC=C.CCCCc1nc2c(N)nc3ccccc3c2n1Cc1cc(O)ccc1O. The highest BCUT2D eigenvalue weighted by Gasteiger charge is 2.18. The predicted molar refractivity (Wildman–Crippen MR) is 127 cm³/mol. The Labute approximate surface area is 182 Å². The molecule has 0 fully saturated rings. The minimum Gasteiger partial charge on any atom is -0.508 e. The molecule has 4 aromatic rings. The fourth-order valence-corrected chi connectivity index (χ4v) is 3.47. The summed E-state index contributed by atoms with van der Waals surface area (Å²) in [6.07, 6.45) is 6.13. The van der Waals surface area contributed by atoms with Crippen LogP contribution in [0.5, 0.6) is 11.5 Å². The van der Waals surface area contributed by atoms with Gasteiger partial charge in [0, 0.05) is 17.4 Å². The normalized spacial score (nSPS) is 10.6. The van der Waals surface area contributed by atoms with E-state index in [2.05, 4.69) is 29.6 Å². The number of unbranched alkanes of at least 4 members (excludes halogenated alkanes) is 1. The lowest BCUT2D eigenvalue weighted by Gasteiger charge is -2.12. The number of phenols is 2. The number of aromatic nitrogens is 3. The summed E-state index contributed by atoms with van der Waals surface area (Å²) in [5.74, 6) is 1.57. The number of para-hydroxylation sites is 1. The zero-order valence-corrected chi connectivity index (χ0v) is 17.8. The first kappa shape index (κ1) is 21.9. The summed E-state index contributed by atoms with van der Waals surface area (Å²) in [7, 11) is 0. The zero-order chi connectivity index (χ0) is 22.4. The number of anilines is 1. The smallest absolute Gasteiger partial charge is 0.152 e. The molecule has 0 aliphatic heterocycles. The highest BCUT2D eigenvalue weighted by molar-refractivity contribution is 6.06. The Kier molecular flexibility index (Phi) is 6.92. The lowest BCUT2D eigenvalue weighted by Crippen LogP contribution is -2.06. The van der Waals surface area contributed by atoms with E-state index in [4.69, 9.17) is 10.7 Å². The standard InChI is InChI=1S/C21H22N4O2.C4H6/c1-2-3-8-18-24-19-20(15-6-4-5-7-16(15)23-21(19)22)25(18)12-13-11-14(26)9-10-17(13)27;1-3-4-2/h4-7,9-11,26-27H,2-3,8,12H2,1H3,(H2,22,23);3-4H,1-2H2. The van der Waals surface area contributed by atoms with E-state index in [0.29, 0.717) is 23.4 Å². The van der Waals surface area contributed by atoms with Gasteiger partial charge in [-0.15, -0.1) is 0 Å². The number of pyridine rings is 1. The van der Waals surface area contributed by atoms with Crippen molar-refractivity contribution in [2.45, 2.75) is 32.7 Å². The number of allylic oxidation sites excluding steroid dienone is 2. The number of hydrogen-bond acceptors (Lipinski definition) is 5. The Balaban J connectivity index is 0.000000628. The van der Waals surface area contributed by atoms with Gasteiger partial charge in [0.2, 0.25) is 0 Å². The topological polar surface area (TPSA) is 97.2 Å². The molecule has 2 aromatic carbocycles. The zero-order valence-electron chi connectivity index (χ0n) is 17.8. The largest absolute Gasteiger partial charge is 0.508 e. The number of nitrogens with two attached hydrogens (primary N) is 1. The average molecular weight is 417 g/mol. The molecule has 4 rings (SSSR count). The Bertz CT molecular complexity index is 1220. The van der Waals surface area contributed by atoms with Crippen LogP contribution in [0, 0.1) is 0 Å². The monoisotopic (exact) mass is 416 g/mol. The van der Waals surface area contributed by atoms with Crippen molar-refractivity contribution in [3.63, 3.8) is 0 Å². The van der Waals surface area contributed by atoms with Crippen LogP contribution in [0.4, 0.5) is 5.82 Å². The maximum Gasteiger partial charge on any atom is 0.152 e. The molecule has 4 N–H and O–H groups in total. The first-order valence-corrected chi connectivity index (χ1v) is 10.3. The number of aryl methyl sites for hydroxylation is 1. The number of fused-ring (bicyclic) bond motifs is 3. The summed E-state index contributed by atoms with van der Waals surface area (Å²) in [6.45, 7) is 9.25. The molecule has 2 aromatic heterocycles. The summed E-state index contributed by atoms with van der Waals surface area (Å²) < 4.78 is 2.08. The van der Waals surface area contributed by atoms with Gasteiger partial charge in [0.1, 0.15) is 22.8 Å². The molecule has 0 saturated carbocycles. The molecule has 31 heavy (non-hydrogen) atoms. The van der Waals surface area contributed by atoms with Crippen LogP contribution in [0.15, 0.2) is 67.8 Å². The Morgan fingerprint density at radius 3 is 2.52 bits per heavy atom. The van der Waals surface area contributed by atoms with Gasteiger partial charge in [-0.3, -0.25) is 0 Å². The summed E-state index contributed by atoms with van der Waals surface area (Å²) in [5, 5.41) is 21.1. The van der Waals surface area contributed by atoms with E-state index in [-0.39, 0.29) is 11.5 Å². The molecule has 0 bridgehead atoms. The second kappa shape index (κ2) is 9.80. The Morgan fingerprint density at radius 1 is 1.06 bits per heavy atom. The van der Waals surface area contributed by atoms with Gasteiger partial charge < -0.3 is 20.5 Å². The first-order chi connectivity index (χ1) is 15.0. The molecule has 0 aliphatic rings. The number of aromatic hydroxyl groups is 2. The molecule has 6 heteroatoms. The molecule has 0 aliphatic carbocycles. The van der Waals surface area contributed by atoms with Crippen LogP contribution < -0.4 is 5.73 Å². The van der Waals surface area contributed by atoms with Crippen molar-refractivity contribution >= 4 is 27.8 Å². The van der Waals surface area contributed by atoms with E-state index in [1.54, 1.807) is 18.2 Å². The maximum atomic E-state index is 10.3. The van der Waals surface area contributed by atoms with E-state index in [9.17, 15) is 10.2 Å². The minimum absolute atomic E-state index is 0.119. The van der Waals surface area contributed by atoms with Crippen molar-refractivity contribution < 1.29 is 10.2 Å². The lowest BCUT2D eigenvalue weighted by molar-refractivity contribution is 0.452. The van der Waals surface area contributed by atoms with Gasteiger partial charge in [0.25, 0.3) is 0 Å². The molecule has 0 radical (unpaired) electrons. The number of nitrogens with zero attached hydrogens (tertiary/aromatic N) is 3. The number of nitrogen functional groups attached to an aromatic ring is 1. The first-order valence-electron chi connectivity index (χ1n) is 10.3. The summed E-state index contributed by atoms with van der Waals surface area (Å²) in [5.41, 5.74) is 9.24. The molecular formula is C25H28N4O2. The van der Waals surface area contributed by atoms with Crippen molar-refractivity contribution in [3.05, 3.63) is 79.2 Å². The maximum absolute atomic E-state index is 10.3. The van der Waals surface area contributed by atoms with Crippen molar-refractivity contribution in [2.75, 3.05) is 5.73 Å². The molecule has 6 nitrogen and oxygen atoms in total. The number of rotatable bonds is 6. The lowest BCUT2D eigenvalue weighted by atomic mass is 10.1. The quantitative estimate of drug-likeness (QED) is 0.292. The third-order valence-electron chi connectivity index (χ3n) is 5.00. The van der Waals surface area contributed by atoms with Gasteiger partial charge in [-0.1, -0.05) is 56.9 Å². The highest BCUT2D eigenvalue weighted by Crippen LogP contribution is 2.31. The Morgan fingerprint density at radius 2 is 1.81 bits per heavy atom. The van der Waals surface area contributed by atoms with Crippen LogP contribution in [0.2, 0.25) is 0 Å². The number of phenolic OH excluding ortho intramolecular Hbond substituents is 2. The van der Waals surface area contributed by atoms with Gasteiger partial charge in [-0.05, 0) is 30.7 Å². The van der Waals surface area contributed by atoms with Crippen molar-refractivity contribution in [1.29, 1.82) is 0 Å². The molecule has 0 atom stereocenters. The number of benzene rings is 2. The van der Waals surface area contributed by atoms with Gasteiger partial charge in [-0.2, -0.15) is 0 Å². The van der Waals surface area contributed by atoms with Crippen LogP contribution in [0.3, 0.4) is 0 Å². The van der Waals surface area contributed by atoms with E-state index in [1.165, 1.54) is 12.1 Å². The van der Waals surface area contributed by atoms with Crippen LogP contribution in [-0.2, 0) is 13.0 Å². The summed E-state index contributed by atoms with van der Waals surface area (Å²) >= 11 is 0. The van der Waals surface area contributed by atoms with Crippen LogP contribution in [0.1, 0.15) is 31.2 Å². The average Bonchev–Trinajstić information content (AvgIpc) is 3.14. The van der Waals surface area contributed by atoms with Gasteiger partial charge >= 0.3 is 0 Å².